The Bertz CT molecular complexity index is 877. The molecule has 0 aliphatic carbocycles. The van der Waals surface area contributed by atoms with Crippen LogP contribution in [0.1, 0.15) is 42.6 Å². The molecule has 0 unspecified atom stereocenters. The molecule has 0 saturated carbocycles. The first kappa shape index (κ1) is 18.7. The van der Waals surface area contributed by atoms with Crippen molar-refractivity contribution >= 4 is 31.9 Å². The van der Waals surface area contributed by atoms with Crippen LogP contribution < -0.4 is 10.3 Å². The second-order valence-electron chi connectivity index (χ2n) is 6.37. The predicted molar refractivity (Wildman–Crippen MR) is 93.0 cm³/mol. The molecule has 3 N–H and O–H groups in total. The van der Waals surface area contributed by atoms with Gasteiger partial charge in [-0.15, -0.1) is 4.83 Å². The Labute approximate surface area is 149 Å². The van der Waals surface area contributed by atoms with Crippen LogP contribution >= 0.6 is 15.9 Å². The molecule has 24 heavy (non-hydrogen) atoms. The number of hydrogen-bond acceptors (Lipinski definition) is 4. The van der Waals surface area contributed by atoms with Crippen LogP contribution in [-0.2, 0) is 15.6 Å². The van der Waals surface area contributed by atoms with Crippen molar-refractivity contribution in [2.45, 2.75) is 45.1 Å². The largest absolute Gasteiger partial charge is 0.356 e. The van der Waals surface area contributed by atoms with Crippen LogP contribution in [0.25, 0.3) is 0 Å². The van der Waals surface area contributed by atoms with Crippen molar-refractivity contribution in [3.8, 4) is 0 Å². The molecule has 0 aliphatic heterocycles. The number of amides is 1. The first-order valence-corrected chi connectivity index (χ1v) is 9.44. The van der Waals surface area contributed by atoms with E-state index in [0.717, 1.165) is 0 Å². The summed E-state index contributed by atoms with van der Waals surface area (Å²) in [5, 5.41) is 4.31. The summed E-state index contributed by atoms with van der Waals surface area (Å²) in [5.41, 5.74) is 2.93. The molecule has 0 radical (unpaired) electrons. The van der Waals surface area contributed by atoms with E-state index in [1.165, 1.54) is 6.07 Å². The van der Waals surface area contributed by atoms with Gasteiger partial charge < -0.3 is 4.98 Å². The van der Waals surface area contributed by atoms with E-state index in [1.807, 2.05) is 20.8 Å². The van der Waals surface area contributed by atoms with Gasteiger partial charge >= 0.3 is 0 Å². The highest BCUT2D eigenvalue weighted by Gasteiger charge is 2.28. The highest BCUT2D eigenvalue weighted by atomic mass is 79.9. The minimum atomic E-state index is -3.95. The number of aryl methyl sites for hydroxylation is 1. The van der Waals surface area contributed by atoms with Crippen LogP contribution in [0.15, 0.2) is 21.6 Å². The normalized spacial score (nSPS) is 12.4. The van der Waals surface area contributed by atoms with Gasteiger partial charge in [-0.3, -0.25) is 14.9 Å². The molecule has 0 atom stereocenters. The number of hydrogen-bond donors (Lipinski definition) is 3. The molecule has 2 rings (SSSR count). The van der Waals surface area contributed by atoms with Crippen molar-refractivity contribution in [2.75, 3.05) is 0 Å². The summed E-state index contributed by atoms with van der Waals surface area (Å²) in [5.74, 6) is -0.595. The molecule has 2 aromatic heterocycles. The number of halogens is 1. The smallest absolute Gasteiger partial charge is 0.282 e. The SMILES string of the molecule is Cc1nn(C(C)(C)C)c(C)c1S(=O)(=O)NNC(=O)c1cc(Br)c[nH]1. The zero-order valence-electron chi connectivity index (χ0n) is 14.1. The zero-order chi connectivity index (χ0) is 18.3. The van der Waals surface area contributed by atoms with E-state index in [2.05, 4.69) is 36.3 Å². The average molecular weight is 418 g/mol. The summed E-state index contributed by atoms with van der Waals surface area (Å²) in [7, 11) is -3.95. The third-order valence-corrected chi connectivity index (χ3v) is 5.28. The van der Waals surface area contributed by atoms with Gasteiger partial charge in [0.05, 0.1) is 16.9 Å². The topological polar surface area (TPSA) is 109 Å². The monoisotopic (exact) mass is 417 g/mol. The molecule has 0 aliphatic rings. The number of aromatic amines is 1. The highest BCUT2D eigenvalue weighted by molar-refractivity contribution is 9.10. The van der Waals surface area contributed by atoms with Gasteiger partial charge in [-0.05, 0) is 56.6 Å². The van der Waals surface area contributed by atoms with Gasteiger partial charge in [0.25, 0.3) is 15.9 Å². The van der Waals surface area contributed by atoms with Gasteiger partial charge in [-0.25, -0.2) is 8.42 Å². The van der Waals surface area contributed by atoms with Crippen molar-refractivity contribution < 1.29 is 13.2 Å². The number of H-pyrrole nitrogens is 1. The minimum Gasteiger partial charge on any atom is -0.356 e. The third kappa shape index (κ3) is 3.70. The molecule has 0 spiro atoms. The van der Waals surface area contributed by atoms with Gasteiger partial charge in [-0.2, -0.15) is 5.10 Å². The molecule has 1 amide bonds. The lowest BCUT2D eigenvalue weighted by Gasteiger charge is -2.21. The summed E-state index contributed by atoms with van der Waals surface area (Å²) >= 11 is 3.21. The lowest BCUT2D eigenvalue weighted by atomic mass is 10.1. The lowest BCUT2D eigenvalue weighted by Crippen LogP contribution is -2.42. The van der Waals surface area contributed by atoms with Crippen molar-refractivity contribution in [1.82, 2.24) is 25.0 Å². The molecule has 0 bridgehead atoms. The standard InChI is InChI=1S/C14H20BrN5O3S/c1-8-12(9(2)20(18-8)14(3,4)5)24(22,23)19-17-13(21)11-6-10(15)7-16-11/h6-7,16,19H,1-5H3,(H,17,21). The fourth-order valence-electron chi connectivity index (χ4n) is 2.40. The minimum absolute atomic E-state index is 0.0605. The third-order valence-electron chi connectivity index (χ3n) is 3.32. The van der Waals surface area contributed by atoms with Gasteiger partial charge in [-0.1, -0.05) is 0 Å². The molecule has 0 saturated heterocycles. The Morgan fingerprint density at radius 2 is 1.96 bits per heavy atom. The zero-order valence-corrected chi connectivity index (χ0v) is 16.5. The number of nitrogens with one attached hydrogen (secondary N) is 3. The van der Waals surface area contributed by atoms with Crippen molar-refractivity contribution in [3.05, 3.63) is 33.8 Å². The predicted octanol–water partition coefficient (Wildman–Crippen LogP) is 1.97. The maximum atomic E-state index is 12.6. The molecule has 2 heterocycles. The summed E-state index contributed by atoms with van der Waals surface area (Å²) in [6.07, 6.45) is 1.57. The van der Waals surface area contributed by atoms with Gasteiger partial charge in [0.1, 0.15) is 10.6 Å². The van der Waals surface area contributed by atoms with Crippen LogP contribution in [0, 0.1) is 13.8 Å². The second kappa shape index (κ2) is 6.34. The van der Waals surface area contributed by atoms with Gasteiger partial charge in [0.2, 0.25) is 0 Å². The van der Waals surface area contributed by atoms with E-state index in [9.17, 15) is 13.2 Å². The number of carbonyl (C=O) groups is 1. The van der Waals surface area contributed by atoms with E-state index >= 15 is 0 Å². The van der Waals surface area contributed by atoms with Crippen molar-refractivity contribution in [3.63, 3.8) is 0 Å². The van der Waals surface area contributed by atoms with E-state index in [-0.39, 0.29) is 16.1 Å². The molecule has 8 nitrogen and oxygen atoms in total. The van der Waals surface area contributed by atoms with E-state index in [1.54, 1.807) is 24.7 Å². The Hall–Kier alpha value is -1.65. The molecule has 10 heteroatoms. The first-order chi connectivity index (χ1) is 10.9. The Morgan fingerprint density at radius 3 is 2.42 bits per heavy atom. The summed E-state index contributed by atoms with van der Waals surface area (Å²) in [6, 6.07) is 1.54. The quantitative estimate of drug-likeness (QED) is 0.660. The second-order valence-corrected chi connectivity index (χ2v) is 8.91. The molecule has 2 aromatic rings. The number of rotatable bonds is 4. The van der Waals surface area contributed by atoms with Crippen molar-refractivity contribution in [1.29, 1.82) is 0 Å². The maximum Gasteiger partial charge on any atom is 0.282 e. The fourth-order valence-corrected chi connectivity index (χ4v) is 3.98. The Kier molecular flexibility index (Phi) is 4.93. The van der Waals surface area contributed by atoms with E-state index in [4.69, 9.17) is 0 Å². The molecule has 132 valence electrons. The number of carbonyl (C=O) groups excluding carboxylic acids is 1. The number of sulfonamides is 1. The highest BCUT2D eigenvalue weighted by Crippen LogP contribution is 2.24. The van der Waals surface area contributed by atoms with Crippen LogP contribution in [0.2, 0.25) is 0 Å². The molecule has 0 aromatic carbocycles. The number of nitrogens with zero attached hydrogens (tertiary/aromatic N) is 2. The summed E-state index contributed by atoms with van der Waals surface area (Å²) in [4.78, 5) is 16.9. The first-order valence-electron chi connectivity index (χ1n) is 7.16. The fraction of sp³-hybridized carbons (Fsp3) is 0.429. The summed E-state index contributed by atoms with van der Waals surface area (Å²) in [6.45, 7) is 9.10. The van der Waals surface area contributed by atoms with E-state index < -0.39 is 15.9 Å². The van der Waals surface area contributed by atoms with Crippen LogP contribution in [-0.4, -0.2) is 29.1 Å². The van der Waals surface area contributed by atoms with Gasteiger partial charge in [0.15, 0.2) is 0 Å². The lowest BCUT2D eigenvalue weighted by molar-refractivity contribution is 0.0940. The Balaban J connectivity index is 2.25. The average Bonchev–Trinajstić information content (AvgIpc) is 2.99. The molecular formula is C14H20BrN5O3S. The number of hydrazine groups is 1. The van der Waals surface area contributed by atoms with Crippen molar-refractivity contribution in [2.24, 2.45) is 0 Å². The van der Waals surface area contributed by atoms with Gasteiger partial charge in [0, 0.05) is 10.7 Å². The van der Waals surface area contributed by atoms with E-state index in [0.29, 0.717) is 15.9 Å². The number of aromatic nitrogens is 3. The maximum absolute atomic E-state index is 12.6. The van der Waals surface area contributed by atoms with Crippen LogP contribution in [0.4, 0.5) is 0 Å². The molecule has 0 fully saturated rings. The summed E-state index contributed by atoms with van der Waals surface area (Å²) < 4.78 is 27.5. The Morgan fingerprint density at radius 1 is 1.33 bits per heavy atom. The molecular weight excluding hydrogens is 398 g/mol. The van der Waals surface area contributed by atoms with Crippen LogP contribution in [0.3, 0.4) is 0 Å². The van der Waals surface area contributed by atoms with Crippen LogP contribution in [0.5, 0.6) is 0 Å².